The highest BCUT2D eigenvalue weighted by atomic mass is 127. The van der Waals surface area contributed by atoms with E-state index in [0.717, 1.165) is 13.4 Å². The van der Waals surface area contributed by atoms with Crippen molar-refractivity contribution in [1.29, 1.82) is 0 Å². The van der Waals surface area contributed by atoms with Gasteiger partial charge >= 0.3 is 0 Å². The zero-order chi connectivity index (χ0) is 26.3. The number of amides is 2. The molecule has 2 amide bonds. The molecule has 1 N–H and O–H groups in total. The molecular formula is C26H28IN3O5S. The minimum atomic E-state index is -4.06. The Morgan fingerprint density at radius 1 is 0.972 bits per heavy atom. The number of likely N-dealkylation sites (N-methyl/N-ethyl adjacent to an activating group) is 1. The van der Waals surface area contributed by atoms with E-state index in [2.05, 4.69) is 27.9 Å². The van der Waals surface area contributed by atoms with Crippen molar-refractivity contribution in [3.63, 3.8) is 0 Å². The van der Waals surface area contributed by atoms with Crippen molar-refractivity contribution in [1.82, 2.24) is 10.2 Å². The van der Waals surface area contributed by atoms with Crippen LogP contribution < -0.4 is 14.4 Å². The van der Waals surface area contributed by atoms with Crippen LogP contribution >= 0.6 is 22.6 Å². The Labute approximate surface area is 225 Å². The highest BCUT2D eigenvalue weighted by Crippen LogP contribution is 2.25. The van der Waals surface area contributed by atoms with Gasteiger partial charge in [0.2, 0.25) is 11.8 Å². The summed E-state index contributed by atoms with van der Waals surface area (Å²) < 4.78 is 34.5. The number of nitrogens with zero attached hydrogens (tertiary/aromatic N) is 2. The lowest BCUT2D eigenvalue weighted by Crippen LogP contribution is -2.50. The summed E-state index contributed by atoms with van der Waals surface area (Å²) >= 11 is 2.13. The van der Waals surface area contributed by atoms with E-state index in [0.29, 0.717) is 11.4 Å². The molecule has 3 aromatic carbocycles. The molecule has 8 nitrogen and oxygen atoms in total. The van der Waals surface area contributed by atoms with Crippen molar-refractivity contribution in [2.45, 2.75) is 24.4 Å². The van der Waals surface area contributed by atoms with E-state index < -0.39 is 28.5 Å². The fraction of sp³-hybridized carbons (Fsp3) is 0.231. The van der Waals surface area contributed by atoms with Gasteiger partial charge in [0.15, 0.2) is 0 Å². The highest BCUT2D eigenvalue weighted by molar-refractivity contribution is 14.1. The predicted molar refractivity (Wildman–Crippen MR) is 147 cm³/mol. The van der Waals surface area contributed by atoms with E-state index in [-0.39, 0.29) is 17.3 Å². The van der Waals surface area contributed by atoms with Crippen molar-refractivity contribution in [3.8, 4) is 5.75 Å². The molecule has 10 heteroatoms. The van der Waals surface area contributed by atoms with Crippen molar-refractivity contribution >= 4 is 50.1 Å². The maximum atomic E-state index is 13.7. The molecule has 0 aliphatic rings. The van der Waals surface area contributed by atoms with E-state index in [1.165, 1.54) is 24.1 Å². The summed E-state index contributed by atoms with van der Waals surface area (Å²) in [6, 6.07) is 21.1. The van der Waals surface area contributed by atoms with Gasteiger partial charge in [-0.2, -0.15) is 0 Å². The first-order valence-corrected chi connectivity index (χ1v) is 13.7. The first kappa shape index (κ1) is 27.5. The number of anilines is 1. The van der Waals surface area contributed by atoms with E-state index in [4.69, 9.17) is 4.74 Å². The highest BCUT2D eigenvalue weighted by Gasteiger charge is 2.32. The molecule has 36 heavy (non-hydrogen) atoms. The zero-order valence-corrected chi connectivity index (χ0v) is 23.2. The number of nitrogens with one attached hydrogen (secondary N) is 1. The van der Waals surface area contributed by atoms with Gasteiger partial charge in [-0.05, 0) is 83.6 Å². The van der Waals surface area contributed by atoms with Gasteiger partial charge in [0.25, 0.3) is 10.0 Å². The number of methoxy groups -OCH3 is 1. The Hall–Kier alpha value is -3.12. The van der Waals surface area contributed by atoms with Crippen molar-refractivity contribution in [3.05, 3.63) is 88.0 Å². The molecule has 190 valence electrons. The lowest BCUT2D eigenvalue weighted by atomic mass is 10.1. The number of halogens is 1. The molecule has 0 saturated heterocycles. The minimum Gasteiger partial charge on any atom is -0.497 e. The van der Waals surface area contributed by atoms with E-state index in [1.807, 2.05) is 0 Å². The largest absolute Gasteiger partial charge is 0.497 e. The molecule has 0 unspecified atom stereocenters. The molecule has 3 aromatic rings. The number of hydrogen-bond donors (Lipinski definition) is 1. The lowest BCUT2D eigenvalue weighted by molar-refractivity contribution is -0.139. The van der Waals surface area contributed by atoms with Crippen molar-refractivity contribution < 1.29 is 22.7 Å². The topological polar surface area (TPSA) is 96.0 Å². The number of rotatable bonds is 10. The summed E-state index contributed by atoms with van der Waals surface area (Å²) in [6.45, 7) is 1.25. The van der Waals surface area contributed by atoms with Gasteiger partial charge in [-0.3, -0.25) is 13.9 Å². The fourth-order valence-corrected chi connectivity index (χ4v) is 5.37. The number of carbonyl (C=O) groups is 2. The SMILES string of the molecule is CNC(=O)[C@H](C)N(Cc1ccc(OC)cc1)C(=O)CN(c1ccc(I)cc1)S(=O)(=O)c1ccccc1. The van der Waals surface area contributed by atoms with Gasteiger partial charge in [-0.1, -0.05) is 30.3 Å². The summed E-state index contributed by atoms with van der Waals surface area (Å²) in [5, 5.41) is 2.57. The van der Waals surface area contributed by atoms with Gasteiger partial charge in [0.1, 0.15) is 18.3 Å². The van der Waals surface area contributed by atoms with E-state index >= 15 is 0 Å². The van der Waals surface area contributed by atoms with Crippen LogP contribution in [0, 0.1) is 3.57 Å². The van der Waals surface area contributed by atoms with E-state index in [1.54, 1.807) is 80.8 Å². The summed E-state index contributed by atoms with van der Waals surface area (Å²) in [6.07, 6.45) is 0. The molecule has 1 atom stereocenters. The second-order valence-electron chi connectivity index (χ2n) is 7.96. The molecule has 0 radical (unpaired) electrons. The van der Waals surface area contributed by atoms with Crippen LogP contribution in [-0.4, -0.2) is 51.9 Å². The monoisotopic (exact) mass is 621 g/mol. The summed E-state index contributed by atoms with van der Waals surface area (Å²) in [5.41, 5.74) is 1.12. The lowest BCUT2D eigenvalue weighted by Gasteiger charge is -2.31. The molecular weight excluding hydrogens is 593 g/mol. The van der Waals surface area contributed by atoms with Gasteiger partial charge in [0, 0.05) is 17.2 Å². The van der Waals surface area contributed by atoms with Crippen molar-refractivity contribution in [2.75, 3.05) is 25.0 Å². The van der Waals surface area contributed by atoms with Gasteiger partial charge < -0.3 is 15.0 Å². The Bertz CT molecular complexity index is 1280. The smallest absolute Gasteiger partial charge is 0.264 e. The molecule has 0 aromatic heterocycles. The molecule has 0 aliphatic carbocycles. The molecule has 0 heterocycles. The molecule has 0 fully saturated rings. The average Bonchev–Trinajstić information content (AvgIpc) is 2.90. The molecule has 0 spiro atoms. The molecule has 0 saturated carbocycles. The third-order valence-corrected chi connectivity index (χ3v) is 8.16. The zero-order valence-electron chi connectivity index (χ0n) is 20.2. The van der Waals surface area contributed by atoms with E-state index in [9.17, 15) is 18.0 Å². The van der Waals surface area contributed by atoms with Crippen LogP contribution in [0.25, 0.3) is 0 Å². The maximum Gasteiger partial charge on any atom is 0.264 e. The number of sulfonamides is 1. The third kappa shape index (κ3) is 6.55. The standard InChI is InChI=1S/C26H28IN3O5S/c1-19(26(32)28-2)29(17-20-9-15-23(35-3)16-10-20)25(31)18-30(22-13-11-21(27)12-14-22)36(33,34)24-7-5-4-6-8-24/h4-16,19H,17-18H2,1-3H3,(H,28,32)/t19-/m0/s1. The second-order valence-corrected chi connectivity index (χ2v) is 11.1. The third-order valence-electron chi connectivity index (χ3n) is 5.65. The normalized spacial score (nSPS) is 11.9. The van der Waals surface area contributed by atoms with Gasteiger partial charge in [-0.15, -0.1) is 0 Å². The molecule has 3 rings (SSSR count). The first-order chi connectivity index (χ1) is 17.2. The average molecular weight is 621 g/mol. The fourth-order valence-electron chi connectivity index (χ4n) is 3.57. The Balaban J connectivity index is 1.99. The number of benzene rings is 3. The quantitative estimate of drug-likeness (QED) is 0.349. The van der Waals surface area contributed by atoms with Crippen LogP contribution in [0.2, 0.25) is 0 Å². The predicted octanol–water partition coefficient (Wildman–Crippen LogP) is 3.66. The summed E-state index contributed by atoms with van der Waals surface area (Å²) in [4.78, 5) is 27.6. The number of hydrogen-bond acceptors (Lipinski definition) is 5. The Morgan fingerprint density at radius 2 is 1.58 bits per heavy atom. The second kappa shape index (κ2) is 12.2. The summed E-state index contributed by atoms with van der Waals surface area (Å²) in [7, 11) is -1.01. The molecule has 0 aliphatic heterocycles. The van der Waals surface area contributed by atoms with Crippen LogP contribution in [-0.2, 0) is 26.2 Å². The van der Waals surface area contributed by atoms with Gasteiger partial charge in [-0.25, -0.2) is 8.42 Å². The van der Waals surface area contributed by atoms with Gasteiger partial charge in [0.05, 0.1) is 17.7 Å². The van der Waals surface area contributed by atoms with Crippen LogP contribution in [0.5, 0.6) is 5.75 Å². The first-order valence-electron chi connectivity index (χ1n) is 11.1. The van der Waals surface area contributed by atoms with Crippen LogP contribution in [0.4, 0.5) is 5.69 Å². The van der Waals surface area contributed by atoms with Crippen LogP contribution in [0.3, 0.4) is 0 Å². The van der Waals surface area contributed by atoms with Crippen LogP contribution in [0.1, 0.15) is 12.5 Å². The number of ether oxygens (including phenoxy) is 1. The number of carbonyl (C=O) groups excluding carboxylic acids is 2. The van der Waals surface area contributed by atoms with Crippen LogP contribution in [0.15, 0.2) is 83.8 Å². The Morgan fingerprint density at radius 3 is 2.14 bits per heavy atom. The summed E-state index contributed by atoms with van der Waals surface area (Å²) in [5.74, 6) is -0.210. The minimum absolute atomic E-state index is 0.0670. The Kier molecular flexibility index (Phi) is 9.32. The maximum absolute atomic E-state index is 13.7. The molecule has 0 bridgehead atoms. The van der Waals surface area contributed by atoms with Crippen molar-refractivity contribution in [2.24, 2.45) is 0 Å².